The molecule has 0 unspecified atom stereocenters. The molecule has 0 aliphatic heterocycles. The molecule has 0 saturated carbocycles. The summed E-state index contributed by atoms with van der Waals surface area (Å²) in [5.41, 5.74) is 3.35. The lowest BCUT2D eigenvalue weighted by atomic mass is 9.92. The number of methoxy groups -OCH3 is 1. The van der Waals surface area contributed by atoms with Gasteiger partial charge >= 0.3 is 0 Å². The number of carbonyl (C=O) groups is 2. The lowest BCUT2D eigenvalue weighted by molar-refractivity contribution is -0.116. The highest BCUT2D eigenvalue weighted by Gasteiger charge is 2.24. The quantitative estimate of drug-likeness (QED) is 0.0855. The zero-order valence-electron chi connectivity index (χ0n) is 29.4. The minimum atomic E-state index is -0.333. The van der Waals surface area contributed by atoms with Crippen LogP contribution in [0.1, 0.15) is 134 Å². The van der Waals surface area contributed by atoms with E-state index >= 15 is 0 Å². The Balaban J connectivity index is 1.25. The maximum atomic E-state index is 13.3. The fraction of sp³-hybridized carbons (Fsp3) is 0.526. The van der Waals surface area contributed by atoms with Crippen LogP contribution >= 0.6 is 11.6 Å². The van der Waals surface area contributed by atoms with Crippen molar-refractivity contribution in [1.29, 1.82) is 0 Å². The normalized spacial score (nSPS) is 11.6. The third-order valence-electron chi connectivity index (χ3n) is 8.61. The first-order chi connectivity index (χ1) is 23.1. The first kappa shape index (κ1) is 37.0. The lowest BCUT2D eigenvalue weighted by Gasteiger charge is -2.16. The van der Waals surface area contributed by atoms with Crippen LogP contribution in [-0.2, 0) is 10.2 Å². The van der Waals surface area contributed by atoms with Crippen LogP contribution in [0.25, 0.3) is 17.0 Å². The average molecular weight is 677 g/mol. The number of ether oxygens (including phenoxy) is 1. The second-order valence-electron chi connectivity index (χ2n) is 13.7. The average Bonchev–Trinajstić information content (AvgIpc) is 3.62. The molecule has 0 radical (unpaired) electrons. The molecule has 0 bridgehead atoms. The van der Waals surface area contributed by atoms with E-state index in [1.807, 2.05) is 6.07 Å². The van der Waals surface area contributed by atoms with E-state index in [0.29, 0.717) is 51.2 Å². The number of hydrogen-bond acceptors (Lipinski definition) is 5. The Labute approximate surface area is 290 Å². The summed E-state index contributed by atoms with van der Waals surface area (Å²) in [6.45, 7) is 8.45. The van der Waals surface area contributed by atoms with Crippen molar-refractivity contribution in [2.45, 2.75) is 123 Å². The molecule has 0 aliphatic rings. The van der Waals surface area contributed by atoms with Crippen LogP contribution in [-0.4, -0.2) is 38.7 Å². The maximum absolute atomic E-state index is 13.3. The summed E-state index contributed by atoms with van der Waals surface area (Å²) in [7, 11) is 1.55. The summed E-state index contributed by atoms with van der Waals surface area (Å²) >= 11 is 6.62. The van der Waals surface area contributed by atoms with E-state index < -0.39 is 0 Å². The van der Waals surface area contributed by atoms with Gasteiger partial charge in [-0.05, 0) is 42.8 Å². The number of fused-ring (bicyclic) bond motifs is 1. The van der Waals surface area contributed by atoms with Gasteiger partial charge in [0.1, 0.15) is 10.8 Å². The van der Waals surface area contributed by atoms with Gasteiger partial charge in [0, 0.05) is 28.7 Å². The smallest absolute Gasteiger partial charge is 0.255 e. The Morgan fingerprint density at radius 2 is 1.52 bits per heavy atom. The number of rotatable bonds is 19. The van der Waals surface area contributed by atoms with Gasteiger partial charge in [0.25, 0.3) is 5.91 Å². The lowest BCUT2D eigenvalue weighted by Crippen LogP contribution is -2.15. The van der Waals surface area contributed by atoms with E-state index in [4.69, 9.17) is 16.3 Å². The fourth-order valence-electron chi connectivity index (χ4n) is 5.82. The Kier molecular flexibility index (Phi) is 13.9. The number of anilines is 2. The molecular weight excluding hydrogens is 624 g/mol. The van der Waals surface area contributed by atoms with Crippen molar-refractivity contribution in [2.75, 3.05) is 17.7 Å². The molecule has 0 saturated heterocycles. The number of halogens is 1. The molecule has 4 aromatic rings. The predicted octanol–water partition coefficient (Wildman–Crippen LogP) is 10.4. The van der Waals surface area contributed by atoms with Crippen molar-refractivity contribution >= 4 is 40.4 Å². The van der Waals surface area contributed by atoms with Crippen LogP contribution in [0, 0.1) is 0 Å². The summed E-state index contributed by atoms with van der Waals surface area (Å²) in [6, 6.07) is 12.3. The number of hydrogen-bond donors (Lipinski definition) is 3. The van der Waals surface area contributed by atoms with Gasteiger partial charge in [0.15, 0.2) is 11.5 Å². The standard InChI is InChI=1S/C38H53ClN6O3/c1-6-7-8-9-10-11-12-13-14-15-16-17-18-22-32(46)40-29-21-19-20-28(25-29)37(47)41-30-26-27(23-24-31(30)48-5)35-42-36-33(39)34(38(2,3)4)43-45(36)44-35/h19-21,23-26,43H,6-18,22H2,1-5H3,(H,40,46)(H,41,47). The molecule has 0 fully saturated rings. The summed E-state index contributed by atoms with van der Waals surface area (Å²) in [5.74, 6) is 0.575. The zero-order chi connectivity index (χ0) is 34.5. The molecule has 0 spiro atoms. The van der Waals surface area contributed by atoms with Gasteiger partial charge < -0.3 is 15.4 Å². The summed E-state index contributed by atoms with van der Waals surface area (Å²) in [5, 5.41) is 14.2. The topological polar surface area (TPSA) is 113 Å². The van der Waals surface area contributed by atoms with Crippen LogP contribution in [0.15, 0.2) is 42.5 Å². The van der Waals surface area contributed by atoms with Crippen LogP contribution in [0.3, 0.4) is 0 Å². The van der Waals surface area contributed by atoms with E-state index in [2.05, 4.69) is 53.5 Å². The minimum Gasteiger partial charge on any atom is -0.495 e. The summed E-state index contributed by atoms with van der Waals surface area (Å²) in [4.78, 5) is 30.6. The third kappa shape index (κ3) is 10.6. The highest BCUT2D eigenvalue weighted by atomic mass is 35.5. The molecule has 2 aromatic heterocycles. The molecule has 2 amide bonds. The van der Waals surface area contributed by atoms with Gasteiger partial charge in [0.2, 0.25) is 5.91 Å². The van der Waals surface area contributed by atoms with Gasteiger partial charge in [-0.3, -0.25) is 14.7 Å². The predicted molar refractivity (Wildman–Crippen MR) is 196 cm³/mol. The molecule has 260 valence electrons. The van der Waals surface area contributed by atoms with Crippen LogP contribution < -0.4 is 15.4 Å². The number of amides is 2. The highest BCUT2D eigenvalue weighted by molar-refractivity contribution is 6.34. The van der Waals surface area contributed by atoms with Gasteiger partial charge in [0.05, 0.1) is 18.5 Å². The molecule has 2 aromatic carbocycles. The Morgan fingerprint density at radius 1 is 0.875 bits per heavy atom. The second kappa shape index (κ2) is 18.1. The van der Waals surface area contributed by atoms with E-state index in [1.165, 1.54) is 70.6 Å². The van der Waals surface area contributed by atoms with E-state index in [1.54, 1.807) is 48.1 Å². The highest BCUT2D eigenvalue weighted by Crippen LogP contribution is 2.34. The van der Waals surface area contributed by atoms with Gasteiger partial charge in [-0.25, -0.2) is 4.98 Å². The first-order valence-corrected chi connectivity index (χ1v) is 18.0. The minimum absolute atomic E-state index is 0.0384. The van der Waals surface area contributed by atoms with E-state index in [9.17, 15) is 9.59 Å². The summed E-state index contributed by atoms with van der Waals surface area (Å²) in [6.07, 6.45) is 17.0. The van der Waals surface area contributed by atoms with Crippen LogP contribution in [0.5, 0.6) is 5.75 Å². The molecule has 0 aliphatic carbocycles. The van der Waals surface area contributed by atoms with E-state index in [0.717, 1.165) is 18.5 Å². The Morgan fingerprint density at radius 3 is 2.12 bits per heavy atom. The fourth-order valence-corrected chi connectivity index (χ4v) is 6.27. The number of nitrogens with one attached hydrogen (secondary N) is 3. The molecule has 9 nitrogen and oxygen atoms in total. The van der Waals surface area contributed by atoms with E-state index in [-0.39, 0.29) is 17.2 Å². The Bertz CT molecular complexity index is 1640. The molecular formula is C38H53ClN6O3. The van der Waals surface area contributed by atoms with Crippen LogP contribution in [0.4, 0.5) is 11.4 Å². The van der Waals surface area contributed by atoms with Gasteiger partial charge in [-0.2, -0.15) is 4.63 Å². The summed E-state index contributed by atoms with van der Waals surface area (Å²) < 4.78 is 7.09. The monoisotopic (exact) mass is 676 g/mol. The molecule has 3 N–H and O–H groups in total. The second-order valence-corrected chi connectivity index (χ2v) is 14.1. The largest absolute Gasteiger partial charge is 0.495 e. The molecule has 2 heterocycles. The number of benzene rings is 2. The van der Waals surface area contributed by atoms with Crippen LogP contribution in [0.2, 0.25) is 5.02 Å². The number of carbonyl (C=O) groups excluding carboxylic acids is 2. The zero-order valence-corrected chi connectivity index (χ0v) is 30.1. The number of aromatic amines is 1. The first-order valence-electron chi connectivity index (χ1n) is 17.6. The van der Waals surface area contributed by atoms with Crippen molar-refractivity contribution < 1.29 is 14.3 Å². The van der Waals surface area contributed by atoms with Crippen molar-refractivity contribution in [3.63, 3.8) is 0 Å². The van der Waals surface area contributed by atoms with Crippen molar-refractivity contribution in [1.82, 2.24) is 19.8 Å². The van der Waals surface area contributed by atoms with Gasteiger partial charge in [-0.15, -0.1) is 5.10 Å². The number of nitrogens with zero attached hydrogens (tertiary/aromatic N) is 3. The van der Waals surface area contributed by atoms with Crippen molar-refractivity contribution in [2.24, 2.45) is 0 Å². The molecule has 10 heteroatoms. The number of unbranched alkanes of at least 4 members (excludes halogenated alkanes) is 12. The Hall–Kier alpha value is -3.85. The maximum Gasteiger partial charge on any atom is 0.255 e. The third-order valence-corrected chi connectivity index (χ3v) is 8.97. The van der Waals surface area contributed by atoms with Gasteiger partial charge in [-0.1, -0.05) is 122 Å². The SMILES string of the molecule is CCCCCCCCCCCCCCCC(=O)Nc1cccc(C(=O)Nc2cc(-c3nc4c(Cl)c(C(C)(C)C)[nH]n4n3)ccc2OC)c1. The number of aromatic nitrogens is 4. The van der Waals surface area contributed by atoms with Crippen molar-refractivity contribution in [3.05, 3.63) is 58.7 Å². The molecule has 0 atom stereocenters. The molecule has 4 rings (SSSR count). The number of H-pyrrole nitrogens is 1. The van der Waals surface area contributed by atoms with Crippen molar-refractivity contribution in [3.8, 4) is 17.1 Å². The molecule has 48 heavy (non-hydrogen) atoms.